The number of para-hydroxylation sites is 1. The normalized spacial score (nSPS) is 9.93. The number of hydrogen-bond donors (Lipinski definition) is 1. The lowest BCUT2D eigenvalue weighted by atomic mass is 10.2. The van der Waals surface area contributed by atoms with E-state index in [1.807, 2.05) is 38.1 Å². The zero-order chi connectivity index (χ0) is 10.6. The van der Waals surface area contributed by atoms with E-state index in [2.05, 4.69) is 0 Å². The van der Waals surface area contributed by atoms with Crippen molar-refractivity contribution in [2.45, 2.75) is 13.8 Å². The first-order valence-electron chi connectivity index (χ1n) is 4.67. The van der Waals surface area contributed by atoms with Gasteiger partial charge in [0.2, 0.25) is 0 Å². The van der Waals surface area contributed by atoms with Gasteiger partial charge < -0.3 is 10.0 Å². The molecule has 1 N–H and O–H groups in total. The van der Waals surface area contributed by atoms with Crippen molar-refractivity contribution in [2.75, 3.05) is 18.1 Å². The molecule has 1 aromatic carbocycles. The smallest absolute Gasteiger partial charge is 0.252 e. The van der Waals surface area contributed by atoms with Gasteiger partial charge in [0.1, 0.15) is 6.61 Å². The third kappa shape index (κ3) is 2.12. The zero-order valence-corrected chi connectivity index (χ0v) is 8.53. The molecule has 0 aliphatic heterocycles. The van der Waals surface area contributed by atoms with Gasteiger partial charge in [-0.2, -0.15) is 0 Å². The van der Waals surface area contributed by atoms with Crippen LogP contribution < -0.4 is 4.90 Å². The SMILES string of the molecule is CCN(C(=O)CO)c1ccccc1C. The maximum absolute atomic E-state index is 11.4. The highest BCUT2D eigenvalue weighted by atomic mass is 16.3. The molecule has 1 aromatic rings. The number of nitrogens with zero attached hydrogens (tertiary/aromatic N) is 1. The summed E-state index contributed by atoms with van der Waals surface area (Å²) in [5.41, 5.74) is 1.91. The molecule has 0 atom stereocenters. The molecule has 0 unspecified atom stereocenters. The van der Waals surface area contributed by atoms with Crippen molar-refractivity contribution in [2.24, 2.45) is 0 Å². The number of aliphatic hydroxyl groups is 1. The van der Waals surface area contributed by atoms with Crippen LogP contribution in [0.3, 0.4) is 0 Å². The van der Waals surface area contributed by atoms with Gasteiger partial charge in [-0.25, -0.2) is 0 Å². The minimum absolute atomic E-state index is 0.262. The average Bonchev–Trinajstić information content (AvgIpc) is 2.21. The van der Waals surface area contributed by atoms with Crippen LogP contribution in [0.4, 0.5) is 5.69 Å². The van der Waals surface area contributed by atoms with Crippen LogP contribution in [0.5, 0.6) is 0 Å². The molecular weight excluding hydrogens is 178 g/mol. The van der Waals surface area contributed by atoms with E-state index in [-0.39, 0.29) is 5.91 Å². The fraction of sp³-hybridized carbons (Fsp3) is 0.364. The van der Waals surface area contributed by atoms with Gasteiger partial charge in [0.25, 0.3) is 5.91 Å². The van der Waals surface area contributed by atoms with Gasteiger partial charge in [0.05, 0.1) is 0 Å². The first-order chi connectivity index (χ1) is 6.70. The fourth-order valence-electron chi connectivity index (χ4n) is 1.43. The molecule has 0 spiro atoms. The van der Waals surface area contributed by atoms with E-state index in [9.17, 15) is 4.79 Å². The summed E-state index contributed by atoms with van der Waals surface area (Å²) in [7, 11) is 0. The Hall–Kier alpha value is -1.35. The van der Waals surface area contributed by atoms with E-state index in [1.165, 1.54) is 0 Å². The summed E-state index contributed by atoms with van der Waals surface area (Å²) >= 11 is 0. The Morgan fingerprint density at radius 3 is 2.57 bits per heavy atom. The summed E-state index contributed by atoms with van der Waals surface area (Å²) in [5, 5.41) is 8.80. The first-order valence-corrected chi connectivity index (χ1v) is 4.67. The average molecular weight is 193 g/mol. The highest BCUT2D eigenvalue weighted by Gasteiger charge is 2.13. The largest absolute Gasteiger partial charge is 0.387 e. The highest BCUT2D eigenvalue weighted by Crippen LogP contribution is 2.18. The Morgan fingerprint density at radius 1 is 1.43 bits per heavy atom. The third-order valence-corrected chi connectivity index (χ3v) is 2.16. The van der Waals surface area contributed by atoms with Crippen molar-refractivity contribution in [3.63, 3.8) is 0 Å². The molecule has 0 aliphatic rings. The maximum atomic E-state index is 11.4. The first kappa shape index (κ1) is 10.7. The van der Waals surface area contributed by atoms with E-state index in [4.69, 9.17) is 5.11 Å². The minimum Gasteiger partial charge on any atom is -0.387 e. The predicted molar refractivity (Wildman–Crippen MR) is 56.3 cm³/mol. The summed E-state index contributed by atoms with van der Waals surface area (Å²) in [4.78, 5) is 13.0. The van der Waals surface area contributed by atoms with Crippen molar-refractivity contribution in [3.8, 4) is 0 Å². The molecule has 14 heavy (non-hydrogen) atoms. The number of carbonyl (C=O) groups is 1. The van der Waals surface area contributed by atoms with Gasteiger partial charge in [-0.05, 0) is 25.5 Å². The number of benzene rings is 1. The number of likely N-dealkylation sites (N-methyl/N-ethyl adjacent to an activating group) is 1. The zero-order valence-electron chi connectivity index (χ0n) is 8.53. The molecule has 3 nitrogen and oxygen atoms in total. The van der Waals surface area contributed by atoms with Crippen LogP contribution in [-0.4, -0.2) is 24.2 Å². The maximum Gasteiger partial charge on any atom is 0.252 e. The lowest BCUT2D eigenvalue weighted by Crippen LogP contribution is -2.33. The van der Waals surface area contributed by atoms with Crippen LogP contribution in [0, 0.1) is 6.92 Å². The molecule has 0 aliphatic carbocycles. The number of carbonyl (C=O) groups excluding carboxylic acids is 1. The van der Waals surface area contributed by atoms with Crippen molar-refractivity contribution in [1.82, 2.24) is 0 Å². The van der Waals surface area contributed by atoms with Gasteiger partial charge in [-0.3, -0.25) is 4.79 Å². The Bertz CT molecular complexity index is 323. The summed E-state index contributed by atoms with van der Waals surface area (Å²) in [5.74, 6) is -0.262. The van der Waals surface area contributed by atoms with E-state index >= 15 is 0 Å². The molecule has 0 bridgehead atoms. The second-order valence-electron chi connectivity index (χ2n) is 3.08. The van der Waals surface area contributed by atoms with Crippen LogP contribution in [0.25, 0.3) is 0 Å². The monoisotopic (exact) mass is 193 g/mol. The quantitative estimate of drug-likeness (QED) is 0.787. The standard InChI is InChI=1S/C11H15NO2/c1-3-12(11(14)8-13)10-7-5-4-6-9(10)2/h4-7,13H,3,8H2,1-2H3. The number of aryl methyl sites for hydroxylation is 1. The summed E-state index contributed by atoms with van der Waals surface area (Å²) in [6.07, 6.45) is 0. The van der Waals surface area contributed by atoms with Gasteiger partial charge in [0.15, 0.2) is 0 Å². The van der Waals surface area contributed by atoms with Crippen LogP contribution in [0.1, 0.15) is 12.5 Å². The summed E-state index contributed by atoms with van der Waals surface area (Å²) < 4.78 is 0. The molecular formula is C11H15NO2. The van der Waals surface area contributed by atoms with Gasteiger partial charge >= 0.3 is 0 Å². The van der Waals surface area contributed by atoms with Gasteiger partial charge in [0, 0.05) is 12.2 Å². The molecule has 3 heteroatoms. The molecule has 0 saturated carbocycles. The Balaban J connectivity index is 3.01. The van der Waals surface area contributed by atoms with E-state index < -0.39 is 6.61 Å². The van der Waals surface area contributed by atoms with Crippen molar-refractivity contribution in [1.29, 1.82) is 0 Å². The fourth-order valence-corrected chi connectivity index (χ4v) is 1.43. The highest BCUT2D eigenvalue weighted by molar-refractivity contribution is 5.94. The lowest BCUT2D eigenvalue weighted by Gasteiger charge is -2.21. The summed E-state index contributed by atoms with van der Waals surface area (Å²) in [6.45, 7) is 3.97. The van der Waals surface area contributed by atoms with Crippen LogP contribution in [0.15, 0.2) is 24.3 Å². The lowest BCUT2D eigenvalue weighted by molar-refractivity contribution is -0.121. The second kappa shape index (κ2) is 4.77. The Kier molecular flexibility index (Phi) is 3.65. The molecule has 0 saturated heterocycles. The number of hydrogen-bond acceptors (Lipinski definition) is 2. The number of amides is 1. The number of aliphatic hydroxyl groups excluding tert-OH is 1. The van der Waals surface area contributed by atoms with Crippen LogP contribution >= 0.6 is 0 Å². The molecule has 0 fully saturated rings. The van der Waals surface area contributed by atoms with Crippen LogP contribution in [-0.2, 0) is 4.79 Å². The molecule has 76 valence electrons. The molecule has 0 radical (unpaired) electrons. The Labute approximate surface area is 84.0 Å². The minimum atomic E-state index is -0.442. The van der Waals surface area contributed by atoms with E-state index in [0.717, 1.165) is 11.3 Å². The topological polar surface area (TPSA) is 40.5 Å². The molecule has 0 heterocycles. The predicted octanol–water partition coefficient (Wildman–Crippen LogP) is 1.34. The number of rotatable bonds is 3. The molecule has 1 amide bonds. The molecule has 0 aromatic heterocycles. The second-order valence-corrected chi connectivity index (χ2v) is 3.08. The van der Waals surface area contributed by atoms with Crippen molar-refractivity contribution >= 4 is 11.6 Å². The van der Waals surface area contributed by atoms with Crippen LogP contribution in [0.2, 0.25) is 0 Å². The van der Waals surface area contributed by atoms with E-state index in [1.54, 1.807) is 4.90 Å². The number of anilines is 1. The Morgan fingerprint density at radius 2 is 2.07 bits per heavy atom. The van der Waals surface area contributed by atoms with E-state index in [0.29, 0.717) is 6.54 Å². The van der Waals surface area contributed by atoms with Crippen molar-refractivity contribution < 1.29 is 9.90 Å². The molecule has 1 rings (SSSR count). The van der Waals surface area contributed by atoms with Gasteiger partial charge in [-0.15, -0.1) is 0 Å². The van der Waals surface area contributed by atoms with Crippen molar-refractivity contribution in [3.05, 3.63) is 29.8 Å². The van der Waals surface area contributed by atoms with Gasteiger partial charge in [-0.1, -0.05) is 18.2 Å². The third-order valence-electron chi connectivity index (χ3n) is 2.16. The summed E-state index contributed by atoms with van der Waals surface area (Å²) in [6, 6.07) is 7.64.